The zero-order chi connectivity index (χ0) is 10.4. The summed E-state index contributed by atoms with van der Waals surface area (Å²) in [4.78, 5) is 4.22. The van der Waals surface area contributed by atoms with Gasteiger partial charge in [0.15, 0.2) is 0 Å². The third-order valence-electron chi connectivity index (χ3n) is 1.68. The van der Waals surface area contributed by atoms with E-state index < -0.39 is 0 Å². The summed E-state index contributed by atoms with van der Waals surface area (Å²) in [5, 5.41) is 0. The van der Waals surface area contributed by atoms with E-state index in [9.17, 15) is 0 Å². The number of aromatic nitrogens is 1. The van der Waals surface area contributed by atoms with E-state index in [1.165, 1.54) is 0 Å². The molecular weight excluding hydrogens is 202 g/mol. The quantitative estimate of drug-likeness (QED) is 0.557. The van der Waals surface area contributed by atoms with Crippen molar-refractivity contribution < 1.29 is 9.47 Å². The van der Waals surface area contributed by atoms with Crippen molar-refractivity contribution in [2.75, 3.05) is 20.3 Å². The molecular formula is C10H14ClNO2. The molecule has 4 heteroatoms. The van der Waals surface area contributed by atoms with Crippen LogP contribution in [0.4, 0.5) is 0 Å². The van der Waals surface area contributed by atoms with Gasteiger partial charge in [0.25, 0.3) is 0 Å². The predicted octanol–water partition coefficient (Wildman–Crippen LogP) is 2.15. The highest BCUT2D eigenvalue weighted by Gasteiger charge is 2.00. The average molecular weight is 216 g/mol. The SMILES string of the molecule is COCCOc1cc(CCl)cc(C)n1. The molecule has 0 N–H and O–H groups in total. The summed E-state index contributed by atoms with van der Waals surface area (Å²) in [7, 11) is 1.64. The maximum Gasteiger partial charge on any atom is 0.213 e. The van der Waals surface area contributed by atoms with Gasteiger partial charge in [-0.3, -0.25) is 0 Å². The fourth-order valence-electron chi connectivity index (χ4n) is 1.09. The van der Waals surface area contributed by atoms with Crippen LogP contribution in [-0.4, -0.2) is 25.3 Å². The standard InChI is InChI=1S/C10H14ClNO2/c1-8-5-9(7-11)6-10(12-8)14-4-3-13-2/h5-6H,3-4,7H2,1-2H3. The highest BCUT2D eigenvalue weighted by molar-refractivity contribution is 6.17. The van der Waals surface area contributed by atoms with Gasteiger partial charge in [-0.25, -0.2) is 4.98 Å². The summed E-state index contributed by atoms with van der Waals surface area (Å²) in [5.74, 6) is 1.09. The van der Waals surface area contributed by atoms with Gasteiger partial charge in [-0.2, -0.15) is 0 Å². The number of halogens is 1. The fourth-order valence-corrected chi connectivity index (χ4v) is 1.24. The molecule has 0 atom stereocenters. The Hall–Kier alpha value is -0.800. The summed E-state index contributed by atoms with van der Waals surface area (Å²) < 4.78 is 10.2. The van der Waals surface area contributed by atoms with Gasteiger partial charge in [0, 0.05) is 24.8 Å². The maximum absolute atomic E-state index is 5.72. The number of hydrogen-bond acceptors (Lipinski definition) is 3. The molecule has 0 aliphatic rings. The van der Waals surface area contributed by atoms with E-state index in [0.29, 0.717) is 25.0 Å². The van der Waals surface area contributed by atoms with Crippen molar-refractivity contribution in [1.82, 2.24) is 4.98 Å². The van der Waals surface area contributed by atoms with Crippen LogP contribution in [0.25, 0.3) is 0 Å². The van der Waals surface area contributed by atoms with Crippen molar-refractivity contribution in [3.05, 3.63) is 23.4 Å². The summed E-state index contributed by atoms with van der Waals surface area (Å²) in [6, 6.07) is 3.78. The largest absolute Gasteiger partial charge is 0.475 e. The van der Waals surface area contributed by atoms with Crippen molar-refractivity contribution >= 4 is 11.6 Å². The van der Waals surface area contributed by atoms with Crippen LogP contribution in [0.3, 0.4) is 0 Å². The molecule has 1 aromatic rings. The maximum atomic E-state index is 5.72. The van der Waals surface area contributed by atoms with Crippen LogP contribution in [0, 0.1) is 6.92 Å². The Bertz CT molecular complexity index is 291. The van der Waals surface area contributed by atoms with Gasteiger partial charge in [-0.05, 0) is 18.6 Å². The van der Waals surface area contributed by atoms with Gasteiger partial charge in [-0.15, -0.1) is 11.6 Å². The number of pyridine rings is 1. The van der Waals surface area contributed by atoms with E-state index >= 15 is 0 Å². The minimum absolute atomic E-state index is 0.476. The van der Waals surface area contributed by atoms with E-state index in [1.54, 1.807) is 7.11 Å². The van der Waals surface area contributed by atoms with Crippen LogP contribution < -0.4 is 4.74 Å². The normalized spacial score (nSPS) is 10.2. The zero-order valence-electron chi connectivity index (χ0n) is 8.42. The first-order valence-electron chi connectivity index (χ1n) is 4.41. The van der Waals surface area contributed by atoms with Gasteiger partial charge < -0.3 is 9.47 Å². The van der Waals surface area contributed by atoms with Crippen molar-refractivity contribution in [3.63, 3.8) is 0 Å². The van der Waals surface area contributed by atoms with E-state index in [0.717, 1.165) is 11.3 Å². The Balaban J connectivity index is 2.62. The fraction of sp³-hybridized carbons (Fsp3) is 0.500. The van der Waals surface area contributed by atoms with Crippen LogP contribution in [-0.2, 0) is 10.6 Å². The van der Waals surface area contributed by atoms with Crippen molar-refractivity contribution in [1.29, 1.82) is 0 Å². The van der Waals surface area contributed by atoms with Crippen molar-refractivity contribution in [3.8, 4) is 5.88 Å². The van der Waals surface area contributed by atoms with Crippen LogP contribution in [0.1, 0.15) is 11.3 Å². The summed E-state index contributed by atoms with van der Waals surface area (Å²) >= 11 is 5.72. The molecule has 0 unspecified atom stereocenters. The Morgan fingerprint density at radius 2 is 2.14 bits per heavy atom. The van der Waals surface area contributed by atoms with Gasteiger partial charge in [0.1, 0.15) is 6.61 Å². The first-order valence-corrected chi connectivity index (χ1v) is 4.95. The van der Waals surface area contributed by atoms with Crippen LogP contribution in [0.2, 0.25) is 0 Å². The molecule has 0 spiro atoms. The lowest BCUT2D eigenvalue weighted by Crippen LogP contribution is -2.06. The molecule has 78 valence electrons. The van der Waals surface area contributed by atoms with Crippen molar-refractivity contribution in [2.24, 2.45) is 0 Å². The number of ether oxygens (including phenoxy) is 2. The van der Waals surface area contributed by atoms with Crippen molar-refractivity contribution in [2.45, 2.75) is 12.8 Å². The smallest absolute Gasteiger partial charge is 0.213 e. The molecule has 0 aliphatic carbocycles. The highest BCUT2D eigenvalue weighted by atomic mass is 35.5. The molecule has 0 aliphatic heterocycles. The molecule has 1 rings (SSSR count). The monoisotopic (exact) mass is 215 g/mol. The molecule has 0 saturated heterocycles. The van der Waals surface area contributed by atoms with Gasteiger partial charge in [0.05, 0.1) is 6.61 Å². The molecule has 0 radical (unpaired) electrons. The first-order chi connectivity index (χ1) is 6.76. The Morgan fingerprint density at radius 3 is 2.79 bits per heavy atom. The van der Waals surface area contributed by atoms with E-state index in [1.807, 2.05) is 19.1 Å². The summed E-state index contributed by atoms with van der Waals surface area (Å²) in [5.41, 5.74) is 1.93. The third kappa shape index (κ3) is 3.52. The lowest BCUT2D eigenvalue weighted by molar-refractivity contribution is 0.143. The number of aryl methyl sites for hydroxylation is 1. The molecule has 0 aromatic carbocycles. The van der Waals surface area contributed by atoms with Gasteiger partial charge >= 0.3 is 0 Å². The molecule has 0 amide bonds. The molecule has 1 heterocycles. The molecule has 14 heavy (non-hydrogen) atoms. The molecule has 0 saturated carbocycles. The number of nitrogens with zero attached hydrogens (tertiary/aromatic N) is 1. The van der Waals surface area contributed by atoms with Gasteiger partial charge in [0.2, 0.25) is 5.88 Å². The van der Waals surface area contributed by atoms with Crippen LogP contribution in [0.15, 0.2) is 12.1 Å². The minimum atomic E-state index is 0.476. The second kappa shape index (κ2) is 5.83. The first kappa shape index (κ1) is 11.3. The number of methoxy groups -OCH3 is 1. The number of hydrogen-bond donors (Lipinski definition) is 0. The molecule has 0 bridgehead atoms. The predicted molar refractivity (Wildman–Crippen MR) is 55.9 cm³/mol. The number of alkyl halides is 1. The van der Waals surface area contributed by atoms with Gasteiger partial charge in [-0.1, -0.05) is 0 Å². The van der Waals surface area contributed by atoms with Crippen LogP contribution in [0.5, 0.6) is 5.88 Å². The van der Waals surface area contributed by atoms with E-state index in [4.69, 9.17) is 21.1 Å². The third-order valence-corrected chi connectivity index (χ3v) is 1.99. The second-order valence-electron chi connectivity index (χ2n) is 2.93. The Morgan fingerprint density at radius 1 is 1.36 bits per heavy atom. The molecule has 1 aromatic heterocycles. The Labute approximate surface area is 89.0 Å². The molecule has 3 nitrogen and oxygen atoms in total. The Kier molecular flexibility index (Phi) is 4.70. The summed E-state index contributed by atoms with van der Waals surface area (Å²) in [6.07, 6.45) is 0. The second-order valence-corrected chi connectivity index (χ2v) is 3.20. The zero-order valence-corrected chi connectivity index (χ0v) is 9.17. The lowest BCUT2D eigenvalue weighted by atomic mass is 10.2. The minimum Gasteiger partial charge on any atom is -0.475 e. The lowest BCUT2D eigenvalue weighted by Gasteiger charge is -2.06. The topological polar surface area (TPSA) is 31.4 Å². The van der Waals surface area contributed by atoms with E-state index in [-0.39, 0.29) is 0 Å². The van der Waals surface area contributed by atoms with E-state index in [2.05, 4.69) is 4.98 Å². The average Bonchev–Trinajstić information content (AvgIpc) is 2.17. The molecule has 0 fully saturated rings. The highest BCUT2D eigenvalue weighted by Crippen LogP contribution is 2.13. The van der Waals surface area contributed by atoms with Crippen LogP contribution >= 0.6 is 11.6 Å². The number of rotatable bonds is 5. The summed E-state index contributed by atoms with van der Waals surface area (Å²) in [6.45, 7) is 2.99.